The second-order valence-corrected chi connectivity index (χ2v) is 4.06. The summed E-state index contributed by atoms with van der Waals surface area (Å²) in [5, 5.41) is 11.5. The van der Waals surface area contributed by atoms with Gasteiger partial charge in [-0.2, -0.15) is 5.26 Å². The van der Waals surface area contributed by atoms with Crippen LogP contribution >= 0.6 is 0 Å². The molecule has 1 aromatic carbocycles. The smallest absolute Gasteiger partial charge is 0.251 e. The largest absolute Gasteiger partial charge is 0.357 e. The lowest BCUT2D eigenvalue weighted by Gasteiger charge is -2.03. The SMILES string of the molecule is Cn1ccc(CNC(=O)c2ccc(C#N)cc2)c1. The predicted octanol–water partition coefficient (Wildman–Crippen LogP) is 1.83. The van der Waals surface area contributed by atoms with Crippen LogP contribution in [0.25, 0.3) is 0 Å². The minimum Gasteiger partial charge on any atom is -0.357 e. The Morgan fingerprint density at radius 2 is 2.06 bits per heavy atom. The Balaban J connectivity index is 1.97. The highest BCUT2D eigenvalue weighted by atomic mass is 16.1. The highest BCUT2D eigenvalue weighted by Gasteiger charge is 2.05. The van der Waals surface area contributed by atoms with Gasteiger partial charge < -0.3 is 9.88 Å². The molecular weight excluding hydrogens is 226 g/mol. The van der Waals surface area contributed by atoms with E-state index in [-0.39, 0.29) is 5.91 Å². The quantitative estimate of drug-likeness (QED) is 0.888. The van der Waals surface area contributed by atoms with E-state index in [1.807, 2.05) is 36.1 Å². The van der Waals surface area contributed by atoms with E-state index in [4.69, 9.17) is 5.26 Å². The lowest BCUT2D eigenvalue weighted by Crippen LogP contribution is -2.22. The number of hydrogen-bond donors (Lipinski definition) is 1. The summed E-state index contributed by atoms with van der Waals surface area (Å²) in [6.07, 6.45) is 3.89. The molecule has 0 saturated carbocycles. The van der Waals surface area contributed by atoms with Gasteiger partial charge >= 0.3 is 0 Å². The summed E-state index contributed by atoms with van der Waals surface area (Å²) in [6, 6.07) is 10.6. The lowest BCUT2D eigenvalue weighted by atomic mass is 10.1. The molecule has 90 valence electrons. The van der Waals surface area contributed by atoms with E-state index in [9.17, 15) is 4.79 Å². The molecule has 2 rings (SSSR count). The summed E-state index contributed by atoms with van der Waals surface area (Å²) >= 11 is 0. The number of nitriles is 1. The van der Waals surface area contributed by atoms with E-state index in [1.165, 1.54) is 0 Å². The summed E-state index contributed by atoms with van der Waals surface area (Å²) in [4.78, 5) is 11.8. The number of aromatic nitrogens is 1. The Labute approximate surface area is 105 Å². The van der Waals surface area contributed by atoms with Crippen LogP contribution in [-0.4, -0.2) is 10.5 Å². The van der Waals surface area contributed by atoms with Crippen LogP contribution in [0.5, 0.6) is 0 Å². The molecule has 0 unspecified atom stereocenters. The second kappa shape index (κ2) is 5.19. The molecule has 2 aromatic rings. The standard InChI is InChI=1S/C14H13N3O/c1-17-7-6-12(10-17)9-16-14(18)13-4-2-11(8-15)3-5-13/h2-7,10H,9H2,1H3,(H,16,18). The van der Waals surface area contributed by atoms with Gasteiger partial charge in [-0.25, -0.2) is 0 Å². The summed E-state index contributed by atoms with van der Waals surface area (Å²) < 4.78 is 1.93. The molecule has 1 N–H and O–H groups in total. The van der Waals surface area contributed by atoms with Crippen molar-refractivity contribution in [3.8, 4) is 6.07 Å². The van der Waals surface area contributed by atoms with Gasteiger partial charge in [0.1, 0.15) is 0 Å². The summed E-state index contributed by atoms with van der Waals surface area (Å²) in [7, 11) is 1.94. The van der Waals surface area contributed by atoms with E-state index in [1.54, 1.807) is 24.3 Å². The van der Waals surface area contributed by atoms with Crippen LogP contribution in [0.3, 0.4) is 0 Å². The Bertz CT molecular complexity index is 590. The molecule has 0 aliphatic heterocycles. The molecular formula is C14H13N3O. The van der Waals surface area contributed by atoms with Gasteiger partial charge in [0.2, 0.25) is 0 Å². The second-order valence-electron chi connectivity index (χ2n) is 4.06. The maximum atomic E-state index is 11.8. The van der Waals surface area contributed by atoms with Crippen molar-refractivity contribution >= 4 is 5.91 Å². The minimum atomic E-state index is -0.136. The molecule has 0 radical (unpaired) electrons. The monoisotopic (exact) mass is 239 g/mol. The minimum absolute atomic E-state index is 0.136. The number of rotatable bonds is 3. The average molecular weight is 239 g/mol. The van der Waals surface area contributed by atoms with Crippen molar-refractivity contribution in [2.75, 3.05) is 0 Å². The van der Waals surface area contributed by atoms with Crippen molar-refractivity contribution in [1.82, 2.24) is 9.88 Å². The fourth-order valence-corrected chi connectivity index (χ4v) is 1.65. The number of benzene rings is 1. The number of carbonyl (C=O) groups is 1. The molecule has 0 aliphatic rings. The van der Waals surface area contributed by atoms with Crippen molar-refractivity contribution in [2.24, 2.45) is 7.05 Å². The Kier molecular flexibility index (Phi) is 3.44. The van der Waals surface area contributed by atoms with E-state index < -0.39 is 0 Å². The molecule has 0 saturated heterocycles. The van der Waals surface area contributed by atoms with E-state index in [0.717, 1.165) is 5.56 Å². The number of carbonyl (C=O) groups excluding carboxylic acids is 1. The number of nitrogens with zero attached hydrogens (tertiary/aromatic N) is 2. The van der Waals surface area contributed by atoms with Gasteiger partial charge in [-0.1, -0.05) is 0 Å². The Morgan fingerprint density at radius 1 is 1.33 bits per heavy atom. The van der Waals surface area contributed by atoms with E-state index >= 15 is 0 Å². The van der Waals surface area contributed by atoms with Gasteiger partial charge in [0.05, 0.1) is 11.6 Å². The van der Waals surface area contributed by atoms with Gasteiger partial charge in [0.15, 0.2) is 0 Å². The zero-order chi connectivity index (χ0) is 13.0. The van der Waals surface area contributed by atoms with Crippen LogP contribution in [0.15, 0.2) is 42.7 Å². The van der Waals surface area contributed by atoms with Crippen LogP contribution in [0, 0.1) is 11.3 Å². The topological polar surface area (TPSA) is 57.8 Å². The van der Waals surface area contributed by atoms with Gasteiger partial charge in [-0.15, -0.1) is 0 Å². The molecule has 0 fully saturated rings. The fourth-order valence-electron chi connectivity index (χ4n) is 1.65. The first-order valence-electron chi connectivity index (χ1n) is 5.58. The third-order valence-corrected chi connectivity index (χ3v) is 2.62. The van der Waals surface area contributed by atoms with E-state index in [2.05, 4.69) is 5.32 Å². The van der Waals surface area contributed by atoms with Crippen molar-refractivity contribution in [1.29, 1.82) is 5.26 Å². The van der Waals surface area contributed by atoms with Gasteiger partial charge in [-0.05, 0) is 35.9 Å². The average Bonchev–Trinajstić information content (AvgIpc) is 2.82. The Hall–Kier alpha value is -2.54. The van der Waals surface area contributed by atoms with Gasteiger partial charge in [-0.3, -0.25) is 4.79 Å². The van der Waals surface area contributed by atoms with Crippen molar-refractivity contribution in [2.45, 2.75) is 6.54 Å². The summed E-state index contributed by atoms with van der Waals surface area (Å²) in [6.45, 7) is 0.500. The maximum absolute atomic E-state index is 11.8. The van der Waals surface area contributed by atoms with Gasteiger partial charge in [0, 0.05) is 31.5 Å². The number of amides is 1. The van der Waals surface area contributed by atoms with Crippen molar-refractivity contribution in [3.05, 3.63) is 59.4 Å². The third kappa shape index (κ3) is 2.77. The number of hydrogen-bond acceptors (Lipinski definition) is 2. The summed E-state index contributed by atoms with van der Waals surface area (Å²) in [5.74, 6) is -0.136. The molecule has 1 amide bonds. The van der Waals surface area contributed by atoms with Crippen LogP contribution in [0.1, 0.15) is 21.5 Å². The molecule has 0 aliphatic carbocycles. The molecule has 0 atom stereocenters. The van der Waals surface area contributed by atoms with Crippen LogP contribution in [0.2, 0.25) is 0 Å². The molecule has 1 heterocycles. The first-order chi connectivity index (χ1) is 8.69. The first-order valence-corrected chi connectivity index (χ1v) is 5.58. The van der Waals surface area contributed by atoms with E-state index in [0.29, 0.717) is 17.7 Å². The first kappa shape index (κ1) is 11.9. The van der Waals surface area contributed by atoms with Crippen molar-refractivity contribution in [3.63, 3.8) is 0 Å². The highest BCUT2D eigenvalue weighted by Crippen LogP contribution is 2.04. The predicted molar refractivity (Wildman–Crippen MR) is 67.7 cm³/mol. The Morgan fingerprint density at radius 3 is 2.61 bits per heavy atom. The van der Waals surface area contributed by atoms with Crippen molar-refractivity contribution < 1.29 is 4.79 Å². The normalized spacial score (nSPS) is 9.78. The van der Waals surface area contributed by atoms with Crippen LogP contribution in [0.4, 0.5) is 0 Å². The summed E-state index contributed by atoms with van der Waals surface area (Å²) in [5.41, 5.74) is 2.17. The maximum Gasteiger partial charge on any atom is 0.251 e. The molecule has 4 heteroatoms. The number of nitrogens with one attached hydrogen (secondary N) is 1. The fraction of sp³-hybridized carbons (Fsp3) is 0.143. The van der Waals surface area contributed by atoms with Gasteiger partial charge in [0.25, 0.3) is 5.91 Å². The molecule has 0 bridgehead atoms. The zero-order valence-electron chi connectivity index (χ0n) is 10.1. The molecule has 4 nitrogen and oxygen atoms in total. The molecule has 18 heavy (non-hydrogen) atoms. The van der Waals surface area contributed by atoms with Crippen LogP contribution in [-0.2, 0) is 13.6 Å². The highest BCUT2D eigenvalue weighted by molar-refractivity contribution is 5.94. The van der Waals surface area contributed by atoms with Crippen LogP contribution < -0.4 is 5.32 Å². The zero-order valence-corrected chi connectivity index (χ0v) is 10.1. The molecule has 1 aromatic heterocycles. The third-order valence-electron chi connectivity index (χ3n) is 2.62. The molecule has 0 spiro atoms. The lowest BCUT2D eigenvalue weighted by molar-refractivity contribution is 0.0951. The number of aryl methyl sites for hydroxylation is 1.